The van der Waals surface area contributed by atoms with Crippen LogP contribution in [0.4, 0.5) is 10.3 Å². The number of nitrogens with two attached hydrogens (primary N) is 1. The van der Waals surface area contributed by atoms with E-state index in [1.54, 1.807) is 18.2 Å². The molecule has 0 amide bonds. The van der Waals surface area contributed by atoms with Crippen molar-refractivity contribution in [3.05, 3.63) is 59.1 Å². The molecule has 2 aromatic heterocycles. The molecule has 0 aliphatic carbocycles. The Morgan fingerprint density at radius 1 is 1.21 bits per heavy atom. The van der Waals surface area contributed by atoms with Gasteiger partial charge >= 0.3 is 0 Å². The summed E-state index contributed by atoms with van der Waals surface area (Å²) in [5.74, 6) is 1.25. The van der Waals surface area contributed by atoms with E-state index in [1.165, 1.54) is 12.1 Å². The zero-order chi connectivity index (χ0) is 20.0. The number of benzene rings is 2. The molecule has 0 saturated carbocycles. The molecule has 2 aromatic carbocycles. The molecular weight excluding hydrogens is 359 g/mol. The molecule has 4 rings (SSSR count). The van der Waals surface area contributed by atoms with E-state index in [4.69, 9.17) is 10.2 Å². The standard InChI is InChI=1S/C21H23FN4O2/c1-10(2)18(19-11(3)14-9-13(22)5-7-17(14)28-19)26-21-24-15-6-4-12(20(23)27)8-16(15)25-21/h4-10,18,20,27H,23H2,1-3H3,(H2,24,25,26). The Hall–Kier alpha value is -2.90. The predicted octanol–water partition coefficient (Wildman–Crippen LogP) is 4.52. The first-order valence-electron chi connectivity index (χ1n) is 9.22. The summed E-state index contributed by atoms with van der Waals surface area (Å²) in [5.41, 5.74) is 9.25. The number of rotatable bonds is 5. The minimum absolute atomic E-state index is 0.157. The maximum absolute atomic E-state index is 13.6. The molecule has 0 saturated heterocycles. The highest BCUT2D eigenvalue weighted by Gasteiger charge is 2.24. The van der Waals surface area contributed by atoms with E-state index in [1.807, 2.05) is 13.0 Å². The Morgan fingerprint density at radius 2 is 2.00 bits per heavy atom. The van der Waals surface area contributed by atoms with Gasteiger partial charge in [-0.3, -0.25) is 0 Å². The van der Waals surface area contributed by atoms with Crippen molar-refractivity contribution in [2.75, 3.05) is 5.32 Å². The fraction of sp³-hybridized carbons (Fsp3) is 0.286. The number of aliphatic hydroxyl groups excluding tert-OH is 1. The highest BCUT2D eigenvalue weighted by atomic mass is 19.1. The monoisotopic (exact) mass is 382 g/mol. The number of imidazole rings is 1. The SMILES string of the molecule is Cc1c(C(Nc2nc3ccc(C(N)O)cc3[nH]2)C(C)C)oc2ccc(F)cc12. The molecule has 2 heterocycles. The van der Waals surface area contributed by atoms with Crippen LogP contribution in [0.2, 0.25) is 0 Å². The minimum atomic E-state index is -1.04. The van der Waals surface area contributed by atoms with E-state index in [0.29, 0.717) is 17.1 Å². The number of anilines is 1. The first-order chi connectivity index (χ1) is 13.3. The maximum Gasteiger partial charge on any atom is 0.201 e. The lowest BCUT2D eigenvalue weighted by Crippen LogP contribution is -2.17. The average molecular weight is 382 g/mol. The molecule has 6 nitrogen and oxygen atoms in total. The number of nitrogens with one attached hydrogen (secondary N) is 2. The van der Waals surface area contributed by atoms with Crippen LogP contribution in [0.25, 0.3) is 22.0 Å². The number of fused-ring (bicyclic) bond motifs is 2. The molecular formula is C21H23FN4O2. The Kier molecular flexibility index (Phi) is 4.56. The summed E-state index contributed by atoms with van der Waals surface area (Å²) in [5, 5.41) is 13.7. The molecule has 0 bridgehead atoms. The van der Waals surface area contributed by atoms with Gasteiger partial charge in [0.05, 0.1) is 17.1 Å². The number of furan rings is 1. The van der Waals surface area contributed by atoms with Crippen LogP contribution in [0.3, 0.4) is 0 Å². The van der Waals surface area contributed by atoms with Crippen LogP contribution in [0.15, 0.2) is 40.8 Å². The highest BCUT2D eigenvalue weighted by Crippen LogP contribution is 2.35. The summed E-state index contributed by atoms with van der Waals surface area (Å²) in [7, 11) is 0. The molecule has 5 N–H and O–H groups in total. The number of aromatic amines is 1. The zero-order valence-corrected chi connectivity index (χ0v) is 16.0. The van der Waals surface area contributed by atoms with Gasteiger partial charge in [-0.05, 0) is 48.7 Å². The van der Waals surface area contributed by atoms with E-state index >= 15 is 0 Å². The van der Waals surface area contributed by atoms with E-state index < -0.39 is 6.23 Å². The number of halogens is 1. The molecule has 0 spiro atoms. The molecule has 4 aromatic rings. The first kappa shape index (κ1) is 18.5. The van der Waals surface area contributed by atoms with Gasteiger partial charge in [-0.15, -0.1) is 0 Å². The quantitative estimate of drug-likeness (QED) is 0.380. The van der Waals surface area contributed by atoms with E-state index in [2.05, 4.69) is 29.1 Å². The van der Waals surface area contributed by atoms with Crippen molar-refractivity contribution in [2.24, 2.45) is 11.7 Å². The van der Waals surface area contributed by atoms with Crippen molar-refractivity contribution >= 4 is 28.0 Å². The van der Waals surface area contributed by atoms with Crippen LogP contribution in [0, 0.1) is 18.7 Å². The molecule has 0 aliphatic rings. The van der Waals surface area contributed by atoms with E-state index in [9.17, 15) is 9.50 Å². The third-order valence-electron chi connectivity index (χ3n) is 5.02. The second kappa shape index (κ2) is 6.92. The minimum Gasteiger partial charge on any atom is -0.459 e. The predicted molar refractivity (Wildman–Crippen MR) is 107 cm³/mol. The lowest BCUT2D eigenvalue weighted by molar-refractivity contribution is 0.186. The molecule has 0 fully saturated rings. The van der Waals surface area contributed by atoms with Gasteiger partial charge < -0.3 is 25.6 Å². The average Bonchev–Trinajstić information content (AvgIpc) is 3.19. The summed E-state index contributed by atoms with van der Waals surface area (Å²) in [6, 6.07) is 9.72. The van der Waals surface area contributed by atoms with Gasteiger partial charge in [0.2, 0.25) is 5.95 Å². The van der Waals surface area contributed by atoms with Crippen LogP contribution in [-0.2, 0) is 0 Å². The maximum atomic E-state index is 13.6. The summed E-state index contributed by atoms with van der Waals surface area (Å²) in [6.07, 6.45) is -1.04. The number of aromatic nitrogens is 2. The number of aliphatic hydroxyl groups is 1. The van der Waals surface area contributed by atoms with Gasteiger partial charge in [0.25, 0.3) is 0 Å². The molecule has 0 aliphatic heterocycles. The fourth-order valence-corrected chi connectivity index (χ4v) is 3.47. The number of hydrogen-bond donors (Lipinski definition) is 4. The van der Waals surface area contributed by atoms with Gasteiger partial charge in [-0.2, -0.15) is 0 Å². The fourth-order valence-electron chi connectivity index (χ4n) is 3.47. The third-order valence-corrected chi connectivity index (χ3v) is 5.02. The molecule has 2 unspecified atom stereocenters. The Morgan fingerprint density at radius 3 is 2.71 bits per heavy atom. The number of hydrogen-bond acceptors (Lipinski definition) is 5. The van der Waals surface area contributed by atoms with Crippen LogP contribution in [0.1, 0.15) is 43.0 Å². The Bertz CT molecular complexity index is 1150. The van der Waals surface area contributed by atoms with Crippen molar-refractivity contribution in [2.45, 2.75) is 33.0 Å². The van der Waals surface area contributed by atoms with Gasteiger partial charge in [-0.25, -0.2) is 9.37 Å². The first-order valence-corrected chi connectivity index (χ1v) is 9.22. The van der Waals surface area contributed by atoms with Crippen molar-refractivity contribution in [3.8, 4) is 0 Å². The summed E-state index contributed by atoms with van der Waals surface area (Å²) < 4.78 is 19.7. The van der Waals surface area contributed by atoms with Gasteiger partial charge in [0.15, 0.2) is 0 Å². The molecule has 146 valence electrons. The summed E-state index contributed by atoms with van der Waals surface area (Å²) >= 11 is 0. The largest absolute Gasteiger partial charge is 0.459 e. The highest BCUT2D eigenvalue weighted by molar-refractivity contribution is 5.82. The van der Waals surface area contributed by atoms with Crippen molar-refractivity contribution in [3.63, 3.8) is 0 Å². The zero-order valence-electron chi connectivity index (χ0n) is 16.0. The molecule has 2 atom stereocenters. The number of aryl methyl sites for hydroxylation is 1. The Balaban J connectivity index is 1.71. The van der Waals surface area contributed by atoms with Gasteiger partial charge in [0.1, 0.15) is 23.4 Å². The Labute approximate surface area is 161 Å². The topological polar surface area (TPSA) is 100 Å². The van der Waals surface area contributed by atoms with Gasteiger partial charge in [-0.1, -0.05) is 19.9 Å². The smallest absolute Gasteiger partial charge is 0.201 e. The normalized spacial score (nSPS) is 14.1. The molecule has 7 heteroatoms. The van der Waals surface area contributed by atoms with E-state index in [0.717, 1.165) is 27.7 Å². The second-order valence-electron chi connectivity index (χ2n) is 7.40. The number of H-pyrrole nitrogens is 1. The van der Waals surface area contributed by atoms with Crippen LogP contribution < -0.4 is 11.1 Å². The van der Waals surface area contributed by atoms with Crippen LogP contribution in [-0.4, -0.2) is 15.1 Å². The van der Waals surface area contributed by atoms with Crippen molar-refractivity contribution < 1.29 is 13.9 Å². The van der Waals surface area contributed by atoms with Crippen LogP contribution in [0.5, 0.6) is 0 Å². The van der Waals surface area contributed by atoms with E-state index in [-0.39, 0.29) is 17.8 Å². The molecule has 0 radical (unpaired) electrons. The third kappa shape index (κ3) is 3.23. The van der Waals surface area contributed by atoms with Crippen molar-refractivity contribution in [1.82, 2.24) is 9.97 Å². The number of nitrogens with zero attached hydrogens (tertiary/aromatic N) is 1. The molecule has 28 heavy (non-hydrogen) atoms. The summed E-state index contributed by atoms with van der Waals surface area (Å²) in [6.45, 7) is 6.10. The van der Waals surface area contributed by atoms with Crippen LogP contribution >= 0.6 is 0 Å². The van der Waals surface area contributed by atoms with Gasteiger partial charge in [0, 0.05) is 10.9 Å². The lowest BCUT2D eigenvalue weighted by Gasteiger charge is -2.20. The van der Waals surface area contributed by atoms with Crippen molar-refractivity contribution in [1.29, 1.82) is 0 Å². The second-order valence-corrected chi connectivity index (χ2v) is 7.40. The summed E-state index contributed by atoms with van der Waals surface area (Å²) in [4.78, 5) is 7.79. The lowest BCUT2D eigenvalue weighted by atomic mass is 9.98.